The number of carbonyl (C=O) groups is 1. The van der Waals surface area contributed by atoms with E-state index in [1.165, 1.54) is 11.3 Å². The van der Waals surface area contributed by atoms with Crippen LogP contribution in [-0.2, 0) is 22.7 Å². The molecule has 6 heteroatoms. The summed E-state index contributed by atoms with van der Waals surface area (Å²) < 4.78 is 23.9. The number of rotatable bonds is 4. The van der Waals surface area contributed by atoms with Gasteiger partial charge in [0.2, 0.25) is 0 Å². The van der Waals surface area contributed by atoms with E-state index in [0.717, 1.165) is 17.5 Å². The summed E-state index contributed by atoms with van der Waals surface area (Å²) in [7, 11) is -3.09. The molecule has 4 nitrogen and oxygen atoms in total. The number of carbonyl (C=O) groups excluding carboxylic acids is 1. The van der Waals surface area contributed by atoms with E-state index in [2.05, 4.69) is 5.32 Å². The zero-order valence-electron chi connectivity index (χ0n) is 12.0. The lowest BCUT2D eigenvalue weighted by molar-refractivity contribution is 0.0958. The first-order valence-electron chi connectivity index (χ1n) is 7.22. The van der Waals surface area contributed by atoms with Crippen molar-refractivity contribution in [3.8, 4) is 0 Å². The van der Waals surface area contributed by atoms with Crippen molar-refractivity contribution in [1.29, 1.82) is 0 Å². The minimum Gasteiger partial charge on any atom is -0.351 e. The van der Waals surface area contributed by atoms with Crippen LogP contribution < -0.4 is 5.32 Å². The van der Waals surface area contributed by atoms with Crippen molar-refractivity contribution < 1.29 is 13.2 Å². The first-order valence-corrected chi connectivity index (χ1v) is 9.76. The first-order chi connectivity index (χ1) is 10.6. The Kier molecular flexibility index (Phi) is 4.31. The molecular weight excluding hydrogens is 318 g/mol. The third-order valence-corrected chi connectivity index (χ3v) is 6.53. The molecule has 0 spiro atoms. The Hall–Kier alpha value is -1.66. The van der Waals surface area contributed by atoms with Crippen LogP contribution in [-0.4, -0.2) is 26.6 Å². The fourth-order valence-corrected chi connectivity index (χ4v) is 4.89. The summed E-state index contributed by atoms with van der Waals surface area (Å²) in [6, 6.07) is 9.16. The van der Waals surface area contributed by atoms with Crippen molar-refractivity contribution in [1.82, 2.24) is 5.32 Å². The average Bonchev–Trinajstić information content (AvgIpc) is 3.01. The lowest BCUT2D eigenvalue weighted by Crippen LogP contribution is -2.25. The van der Waals surface area contributed by atoms with E-state index < -0.39 is 9.84 Å². The van der Waals surface area contributed by atoms with Crippen LogP contribution in [0, 0.1) is 0 Å². The van der Waals surface area contributed by atoms with Gasteiger partial charge in [0.1, 0.15) is 0 Å². The summed E-state index contributed by atoms with van der Waals surface area (Å²) in [5.41, 5.74) is 1.97. The summed E-state index contributed by atoms with van der Waals surface area (Å²) in [6.45, 7) is 0.544. The van der Waals surface area contributed by atoms with Crippen molar-refractivity contribution in [3.63, 3.8) is 0 Å². The molecule has 0 fully saturated rings. The molecule has 0 radical (unpaired) electrons. The molecule has 0 atom stereocenters. The number of benzene rings is 1. The molecule has 0 bridgehead atoms. The van der Waals surface area contributed by atoms with E-state index in [0.29, 0.717) is 29.2 Å². The third-order valence-electron chi connectivity index (χ3n) is 3.76. The topological polar surface area (TPSA) is 63.2 Å². The molecule has 1 aromatic heterocycles. The second-order valence-corrected chi connectivity index (χ2v) is 8.37. The maximum Gasteiger partial charge on any atom is 0.261 e. The van der Waals surface area contributed by atoms with Gasteiger partial charge in [-0.25, -0.2) is 8.42 Å². The second kappa shape index (κ2) is 6.22. The quantitative estimate of drug-likeness (QED) is 0.933. The van der Waals surface area contributed by atoms with Crippen LogP contribution in [0.15, 0.2) is 40.6 Å². The molecule has 2 heterocycles. The van der Waals surface area contributed by atoms with Crippen molar-refractivity contribution >= 4 is 27.1 Å². The number of hydrogen-bond donors (Lipinski definition) is 1. The van der Waals surface area contributed by atoms with Crippen LogP contribution in [0.25, 0.3) is 0 Å². The maximum atomic E-state index is 12.0. The predicted octanol–water partition coefficient (Wildman–Crippen LogP) is 2.44. The highest BCUT2D eigenvalue weighted by Gasteiger charge is 2.23. The van der Waals surface area contributed by atoms with Gasteiger partial charge in [-0.15, -0.1) is 11.3 Å². The van der Waals surface area contributed by atoms with Gasteiger partial charge in [0.05, 0.1) is 15.5 Å². The van der Waals surface area contributed by atoms with Gasteiger partial charge in [0, 0.05) is 6.54 Å². The molecule has 0 unspecified atom stereocenters. The zero-order chi connectivity index (χ0) is 15.6. The number of amides is 1. The summed E-state index contributed by atoms with van der Waals surface area (Å²) in [4.78, 5) is 13.0. The lowest BCUT2D eigenvalue weighted by atomic mass is 10.0. The van der Waals surface area contributed by atoms with E-state index in [1.807, 2.05) is 23.6 Å². The molecule has 116 valence electrons. The normalized spacial score (nSPS) is 16.0. The molecule has 22 heavy (non-hydrogen) atoms. The molecule has 0 saturated heterocycles. The number of thiophene rings is 1. The Labute approximate surface area is 134 Å². The minimum absolute atomic E-state index is 0.0597. The predicted molar refractivity (Wildman–Crippen MR) is 87.2 cm³/mol. The molecule has 1 aromatic carbocycles. The SMILES string of the molecule is O=C(NCCc1ccc2c(c1)CCCS2(=O)=O)c1cccs1. The highest BCUT2D eigenvalue weighted by molar-refractivity contribution is 7.91. The molecule has 3 rings (SSSR count). The highest BCUT2D eigenvalue weighted by atomic mass is 32.2. The van der Waals surface area contributed by atoms with Crippen molar-refractivity contribution in [2.24, 2.45) is 0 Å². The fourth-order valence-electron chi connectivity index (χ4n) is 2.66. The Balaban J connectivity index is 1.63. The van der Waals surface area contributed by atoms with Crippen molar-refractivity contribution in [3.05, 3.63) is 51.7 Å². The van der Waals surface area contributed by atoms with Crippen LogP contribution >= 0.6 is 11.3 Å². The standard InChI is InChI=1S/C16H17NO3S2/c18-16(14-4-1-9-21-14)17-8-7-12-5-6-15-13(11-12)3-2-10-22(15,19)20/h1,4-6,9,11H,2-3,7-8,10H2,(H,17,18). The van der Waals surface area contributed by atoms with Gasteiger partial charge < -0.3 is 5.32 Å². The number of aryl methyl sites for hydroxylation is 1. The molecule has 1 aliphatic rings. The zero-order valence-corrected chi connectivity index (χ0v) is 13.7. The Bertz CT molecular complexity index is 780. The minimum atomic E-state index is -3.09. The van der Waals surface area contributed by atoms with Crippen molar-refractivity contribution in [2.75, 3.05) is 12.3 Å². The Morgan fingerprint density at radius 2 is 2.14 bits per heavy atom. The van der Waals surface area contributed by atoms with Crippen LogP contribution in [0.1, 0.15) is 27.2 Å². The summed E-state index contributed by atoms with van der Waals surface area (Å²) >= 11 is 1.42. The molecule has 1 N–H and O–H groups in total. The van der Waals surface area contributed by atoms with Crippen molar-refractivity contribution in [2.45, 2.75) is 24.2 Å². The van der Waals surface area contributed by atoms with Gasteiger partial charge >= 0.3 is 0 Å². The summed E-state index contributed by atoms with van der Waals surface area (Å²) in [5, 5.41) is 4.76. The van der Waals surface area contributed by atoms with Crippen LogP contribution in [0.3, 0.4) is 0 Å². The molecule has 2 aromatic rings. The largest absolute Gasteiger partial charge is 0.351 e. The highest BCUT2D eigenvalue weighted by Crippen LogP contribution is 2.25. The van der Waals surface area contributed by atoms with Gasteiger partial charge in [-0.1, -0.05) is 18.2 Å². The molecular formula is C16H17NO3S2. The van der Waals surface area contributed by atoms with E-state index in [-0.39, 0.29) is 11.7 Å². The van der Waals surface area contributed by atoms with E-state index in [1.54, 1.807) is 12.1 Å². The number of fused-ring (bicyclic) bond motifs is 1. The van der Waals surface area contributed by atoms with E-state index >= 15 is 0 Å². The van der Waals surface area contributed by atoms with E-state index in [4.69, 9.17) is 0 Å². The average molecular weight is 335 g/mol. The number of nitrogens with one attached hydrogen (secondary N) is 1. The Morgan fingerprint density at radius 3 is 2.91 bits per heavy atom. The van der Waals surface area contributed by atoms with Gasteiger partial charge in [-0.05, 0) is 47.9 Å². The second-order valence-electron chi connectivity index (χ2n) is 5.35. The monoisotopic (exact) mass is 335 g/mol. The first kappa shape index (κ1) is 15.2. The third kappa shape index (κ3) is 3.23. The smallest absolute Gasteiger partial charge is 0.261 e. The van der Waals surface area contributed by atoms with Crippen LogP contribution in [0.4, 0.5) is 0 Å². The van der Waals surface area contributed by atoms with E-state index in [9.17, 15) is 13.2 Å². The molecule has 1 aliphatic heterocycles. The van der Waals surface area contributed by atoms with Gasteiger partial charge in [-0.3, -0.25) is 4.79 Å². The lowest BCUT2D eigenvalue weighted by Gasteiger charge is -2.17. The van der Waals surface area contributed by atoms with Crippen LogP contribution in [0.2, 0.25) is 0 Å². The summed E-state index contributed by atoms with van der Waals surface area (Å²) in [5.74, 6) is 0.187. The molecule has 0 aliphatic carbocycles. The summed E-state index contributed by atoms with van der Waals surface area (Å²) in [6.07, 6.45) is 2.20. The van der Waals surface area contributed by atoms with Crippen LogP contribution in [0.5, 0.6) is 0 Å². The number of hydrogen-bond acceptors (Lipinski definition) is 4. The Morgan fingerprint density at radius 1 is 1.27 bits per heavy atom. The van der Waals surface area contributed by atoms with Gasteiger partial charge in [0.15, 0.2) is 9.84 Å². The number of sulfone groups is 1. The maximum absolute atomic E-state index is 12.0. The molecule has 1 amide bonds. The van der Waals surface area contributed by atoms with Gasteiger partial charge in [-0.2, -0.15) is 0 Å². The van der Waals surface area contributed by atoms with Gasteiger partial charge in [0.25, 0.3) is 5.91 Å². The molecule has 0 saturated carbocycles. The fraction of sp³-hybridized carbons (Fsp3) is 0.312.